The fraction of sp³-hybridized carbons (Fsp3) is 0.133. The van der Waals surface area contributed by atoms with Crippen molar-refractivity contribution in [2.75, 3.05) is 18.5 Å². The molecule has 0 atom stereocenters. The lowest BCUT2D eigenvalue weighted by atomic mass is 10.3. The summed E-state index contributed by atoms with van der Waals surface area (Å²) in [6.07, 6.45) is 0. The molecular formula is C15H17N3O2. The quantitative estimate of drug-likeness (QED) is 0.575. The summed E-state index contributed by atoms with van der Waals surface area (Å²) >= 11 is 0. The van der Waals surface area contributed by atoms with Crippen molar-refractivity contribution in [1.82, 2.24) is 0 Å². The SMILES string of the molecule is NC(=NCCO)Nc1cccc(Oc2ccccc2)c1. The number of nitrogens with two attached hydrogens (primary N) is 1. The van der Waals surface area contributed by atoms with E-state index in [1.807, 2.05) is 54.6 Å². The van der Waals surface area contributed by atoms with Crippen molar-refractivity contribution in [2.24, 2.45) is 10.7 Å². The number of aliphatic hydroxyl groups is 1. The summed E-state index contributed by atoms with van der Waals surface area (Å²) in [5.41, 5.74) is 6.46. The van der Waals surface area contributed by atoms with Gasteiger partial charge in [-0.15, -0.1) is 0 Å². The molecule has 0 saturated carbocycles. The number of aliphatic hydroxyl groups excluding tert-OH is 1. The van der Waals surface area contributed by atoms with Crippen LogP contribution in [0.4, 0.5) is 5.69 Å². The summed E-state index contributed by atoms with van der Waals surface area (Å²) in [4.78, 5) is 3.94. The Morgan fingerprint density at radius 2 is 1.85 bits per heavy atom. The average molecular weight is 271 g/mol. The Hall–Kier alpha value is -2.53. The second-order valence-electron chi connectivity index (χ2n) is 4.06. The van der Waals surface area contributed by atoms with Crippen molar-refractivity contribution in [3.05, 3.63) is 54.6 Å². The van der Waals surface area contributed by atoms with Gasteiger partial charge in [-0.05, 0) is 24.3 Å². The van der Waals surface area contributed by atoms with Crippen LogP contribution in [-0.4, -0.2) is 24.2 Å². The molecule has 5 nitrogen and oxygen atoms in total. The van der Waals surface area contributed by atoms with Gasteiger partial charge in [0.1, 0.15) is 11.5 Å². The first-order chi connectivity index (χ1) is 9.78. The first-order valence-corrected chi connectivity index (χ1v) is 6.29. The first kappa shape index (κ1) is 13.9. The molecule has 0 aliphatic carbocycles. The van der Waals surface area contributed by atoms with Crippen molar-refractivity contribution < 1.29 is 9.84 Å². The molecule has 0 radical (unpaired) electrons. The maximum Gasteiger partial charge on any atom is 0.193 e. The Morgan fingerprint density at radius 3 is 2.60 bits per heavy atom. The highest BCUT2D eigenvalue weighted by atomic mass is 16.5. The summed E-state index contributed by atoms with van der Waals surface area (Å²) in [5.74, 6) is 1.73. The molecule has 0 aliphatic heterocycles. The van der Waals surface area contributed by atoms with Crippen LogP contribution in [0, 0.1) is 0 Å². The zero-order valence-corrected chi connectivity index (χ0v) is 11.0. The highest BCUT2D eigenvalue weighted by molar-refractivity contribution is 5.92. The molecule has 0 heterocycles. The van der Waals surface area contributed by atoms with Gasteiger partial charge in [-0.2, -0.15) is 0 Å². The smallest absolute Gasteiger partial charge is 0.193 e. The third-order valence-electron chi connectivity index (χ3n) is 2.47. The van der Waals surface area contributed by atoms with E-state index in [4.69, 9.17) is 15.6 Å². The molecule has 0 fully saturated rings. The number of hydrogen-bond acceptors (Lipinski definition) is 3. The molecule has 0 unspecified atom stereocenters. The van der Waals surface area contributed by atoms with Crippen LogP contribution in [0.5, 0.6) is 11.5 Å². The summed E-state index contributed by atoms with van der Waals surface area (Å²) in [6, 6.07) is 16.9. The number of guanidine groups is 1. The van der Waals surface area contributed by atoms with Gasteiger partial charge in [0.25, 0.3) is 0 Å². The summed E-state index contributed by atoms with van der Waals surface area (Å²) in [7, 11) is 0. The highest BCUT2D eigenvalue weighted by Crippen LogP contribution is 2.23. The molecule has 0 aliphatic rings. The normalized spacial score (nSPS) is 11.2. The molecule has 2 aromatic carbocycles. The fourth-order valence-corrected chi connectivity index (χ4v) is 1.62. The van der Waals surface area contributed by atoms with E-state index in [-0.39, 0.29) is 19.1 Å². The van der Waals surface area contributed by atoms with Gasteiger partial charge in [0.15, 0.2) is 5.96 Å². The van der Waals surface area contributed by atoms with Crippen LogP contribution in [-0.2, 0) is 0 Å². The standard InChI is InChI=1S/C15H17N3O2/c16-15(17-9-10-19)18-12-5-4-8-14(11-12)20-13-6-2-1-3-7-13/h1-8,11,19H,9-10H2,(H3,16,17,18). The third kappa shape index (κ3) is 4.29. The number of hydrogen-bond donors (Lipinski definition) is 3. The van der Waals surface area contributed by atoms with Crippen molar-refractivity contribution in [3.8, 4) is 11.5 Å². The van der Waals surface area contributed by atoms with E-state index in [1.165, 1.54) is 0 Å². The average Bonchev–Trinajstić information content (AvgIpc) is 2.46. The molecule has 4 N–H and O–H groups in total. The van der Waals surface area contributed by atoms with E-state index in [1.54, 1.807) is 0 Å². The molecule has 2 aromatic rings. The number of ether oxygens (including phenoxy) is 1. The minimum absolute atomic E-state index is 0.0282. The zero-order valence-electron chi connectivity index (χ0n) is 11.0. The van der Waals surface area contributed by atoms with Gasteiger partial charge >= 0.3 is 0 Å². The van der Waals surface area contributed by atoms with Crippen LogP contribution < -0.4 is 15.8 Å². The van der Waals surface area contributed by atoms with E-state index in [0.29, 0.717) is 5.75 Å². The van der Waals surface area contributed by atoms with Crippen molar-refractivity contribution >= 4 is 11.6 Å². The maximum atomic E-state index is 8.68. The second kappa shape index (κ2) is 7.16. The highest BCUT2D eigenvalue weighted by Gasteiger charge is 1.99. The van der Waals surface area contributed by atoms with E-state index in [9.17, 15) is 0 Å². The zero-order chi connectivity index (χ0) is 14.2. The molecule has 20 heavy (non-hydrogen) atoms. The number of rotatable bonds is 5. The Morgan fingerprint density at radius 1 is 1.10 bits per heavy atom. The van der Waals surface area contributed by atoms with E-state index >= 15 is 0 Å². The molecule has 0 spiro atoms. The number of para-hydroxylation sites is 1. The monoisotopic (exact) mass is 271 g/mol. The van der Waals surface area contributed by atoms with Crippen molar-refractivity contribution in [1.29, 1.82) is 0 Å². The van der Waals surface area contributed by atoms with Gasteiger partial charge in [-0.3, -0.25) is 4.99 Å². The second-order valence-corrected chi connectivity index (χ2v) is 4.06. The van der Waals surface area contributed by atoms with Gasteiger partial charge < -0.3 is 20.9 Å². The number of aliphatic imine (C=N–C) groups is 1. The molecule has 5 heteroatoms. The van der Waals surface area contributed by atoms with E-state index in [0.717, 1.165) is 11.4 Å². The van der Waals surface area contributed by atoms with Crippen LogP contribution in [0.2, 0.25) is 0 Å². The van der Waals surface area contributed by atoms with Crippen LogP contribution in [0.3, 0.4) is 0 Å². The Balaban J connectivity index is 2.04. The predicted octanol–water partition coefficient (Wildman–Crippen LogP) is 2.20. The Bertz CT molecular complexity index is 570. The van der Waals surface area contributed by atoms with Crippen LogP contribution in [0.1, 0.15) is 0 Å². The van der Waals surface area contributed by atoms with Gasteiger partial charge in [-0.25, -0.2) is 0 Å². The molecule has 0 amide bonds. The van der Waals surface area contributed by atoms with E-state index in [2.05, 4.69) is 10.3 Å². The van der Waals surface area contributed by atoms with Gasteiger partial charge in [0.05, 0.1) is 13.2 Å². The largest absolute Gasteiger partial charge is 0.457 e. The van der Waals surface area contributed by atoms with E-state index < -0.39 is 0 Å². The third-order valence-corrected chi connectivity index (χ3v) is 2.47. The van der Waals surface area contributed by atoms with Gasteiger partial charge in [-0.1, -0.05) is 24.3 Å². The van der Waals surface area contributed by atoms with Crippen LogP contribution in [0.15, 0.2) is 59.6 Å². The molecule has 0 bridgehead atoms. The van der Waals surface area contributed by atoms with Crippen LogP contribution >= 0.6 is 0 Å². The molecular weight excluding hydrogens is 254 g/mol. The molecule has 0 saturated heterocycles. The lowest BCUT2D eigenvalue weighted by Crippen LogP contribution is -2.23. The number of nitrogens with one attached hydrogen (secondary N) is 1. The Labute approximate surface area is 117 Å². The van der Waals surface area contributed by atoms with Crippen molar-refractivity contribution in [3.63, 3.8) is 0 Å². The van der Waals surface area contributed by atoms with Gasteiger partial charge in [0, 0.05) is 11.8 Å². The summed E-state index contributed by atoms with van der Waals surface area (Å²) in [6.45, 7) is 0.249. The Kier molecular flexibility index (Phi) is 4.97. The van der Waals surface area contributed by atoms with Gasteiger partial charge in [0.2, 0.25) is 0 Å². The number of benzene rings is 2. The minimum atomic E-state index is -0.0282. The van der Waals surface area contributed by atoms with Crippen LogP contribution in [0.25, 0.3) is 0 Å². The first-order valence-electron chi connectivity index (χ1n) is 6.29. The molecule has 104 valence electrons. The fourth-order valence-electron chi connectivity index (χ4n) is 1.62. The summed E-state index contributed by atoms with van der Waals surface area (Å²) < 4.78 is 5.72. The number of nitrogens with zero attached hydrogens (tertiary/aromatic N) is 1. The minimum Gasteiger partial charge on any atom is -0.457 e. The maximum absolute atomic E-state index is 8.68. The topological polar surface area (TPSA) is 79.9 Å². The summed E-state index contributed by atoms with van der Waals surface area (Å²) in [5, 5.41) is 11.6. The number of anilines is 1. The predicted molar refractivity (Wildman–Crippen MR) is 80.2 cm³/mol. The lowest BCUT2D eigenvalue weighted by Gasteiger charge is -2.09. The molecule has 2 rings (SSSR count). The van der Waals surface area contributed by atoms with Crippen molar-refractivity contribution in [2.45, 2.75) is 0 Å². The molecule has 0 aromatic heterocycles. The lowest BCUT2D eigenvalue weighted by molar-refractivity contribution is 0.307.